The molecule has 1 heterocycles. The molecule has 0 radical (unpaired) electrons. The van der Waals surface area contributed by atoms with Crippen molar-refractivity contribution in [3.63, 3.8) is 0 Å². The third kappa shape index (κ3) is 4.97. The number of carboxylic acid groups (broad SMARTS) is 1. The molecule has 0 aliphatic heterocycles. The first-order valence-corrected chi connectivity index (χ1v) is 6.20. The zero-order valence-corrected chi connectivity index (χ0v) is 10.4. The second kappa shape index (κ2) is 7.03. The maximum Gasteiger partial charge on any atom is 0.305 e. The van der Waals surface area contributed by atoms with Gasteiger partial charge in [-0.1, -0.05) is 6.07 Å². The Morgan fingerprint density at radius 3 is 2.82 bits per heavy atom. The number of carboxylic acids is 1. The van der Waals surface area contributed by atoms with E-state index in [1.54, 1.807) is 7.05 Å². The van der Waals surface area contributed by atoms with Gasteiger partial charge in [0.2, 0.25) is 5.91 Å². The fourth-order valence-electron chi connectivity index (χ4n) is 1.39. The molecular weight excluding hydrogens is 240 g/mol. The molecule has 94 valence electrons. The third-order valence-electron chi connectivity index (χ3n) is 2.20. The lowest BCUT2D eigenvalue weighted by Crippen LogP contribution is -2.31. The van der Waals surface area contributed by atoms with Crippen LogP contribution in [0.1, 0.15) is 23.8 Å². The normalized spacial score (nSPS) is 12.1. The number of carbonyl (C=O) groups is 2. The van der Waals surface area contributed by atoms with Crippen LogP contribution in [0.25, 0.3) is 0 Å². The van der Waals surface area contributed by atoms with Gasteiger partial charge in [0, 0.05) is 17.8 Å². The monoisotopic (exact) mass is 256 g/mol. The van der Waals surface area contributed by atoms with E-state index >= 15 is 0 Å². The fourth-order valence-corrected chi connectivity index (χ4v) is 2.17. The van der Waals surface area contributed by atoms with Gasteiger partial charge in [-0.2, -0.15) is 0 Å². The van der Waals surface area contributed by atoms with Crippen LogP contribution in [0.15, 0.2) is 17.5 Å². The molecule has 1 atom stereocenters. The number of nitrogens with one attached hydrogen (secondary N) is 2. The van der Waals surface area contributed by atoms with Crippen molar-refractivity contribution in [3.05, 3.63) is 22.4 Å². The molecule has 1 rings (SSSR count). The van der Waals surface area contributed by atoms with Gasteiger partial charge < -0.3 is 15.7 Å². The van der Waals surface area contributed by atoms with Crippen LogP contribution in [-0.2, 0) is 9.59 Å². The van der Waals surface area contributed by atoms with Gasteiger partial charge in [-0.05, 0) is 18.5 Å². The molecule has 0 aliphatic carbocycles. The molecule has 17 heavy (non-hydrogen) atoms. The van der Waals surface area contributed by atoms with Crippen molar-refractivity contribution in [3.8, 4) is 0 Å². The number of aliphatic carboxylic acids is 1. The lowest BCUT2D eigenvalue weighted by Gasteiger charge is -2.15. The molecule has 0 aliphatic rings. The van der Waals surface area contributed by atoms with Gasteiger partial charge in [0.25, 0.3) is 0 Å². The lowest BCUT2D eigenvalue weighted by molar-refractivity contribution is -0.137. The van der Waals surface area contributed by atoms with Gasteiger partial charge in [-0.15, -0.1) is 11.3 Å². The van der Waals surface area contributed by atoms with Crippen molar-refractivity contribution < 1.29 is 14.7 Å². The first kappa shape index (κ1) is 13.7. The predicted octanol–water partition coefficient (Wildman–Crippen LogP) is 0.990. The largest absolute Gasteiger partial charge is 0.481 e. The van der Waals surface area contributed by atoms with E-state index in [0.717, 1.165) is 4.88 Å². The molecule has 0 aromatic carbocycles. The molecule has 0 bridgehead atoms. The van der Waals surface area contributed by atoms with Gasteiger partial charge in [-0.25, -0.2) is 0 Å². The second-order valence-electron chi connectivity index (χ2n) is 3.59. The quantitative estimate of drug-likeness (QED) is 0.680. The van der Waals surface area contributed by atoms with Crippen LogP contribution in [0.2, 0.25) is 0 Å². The zero-order chi connectivity index (χ0) is 12.7. The summed E-state index contributed by atoms with van der Waals surface area (Å²) in [5.74, 6) is -1.06. The summed E-state index contributed by atoms with van der Waals surface area (Å²) in [5, 5.41) is 16.3. The second-order valence-corrected chi connectivity index (χ2v) is 4.57. The van der Waals surface area contributed by atoms with Gasteiger partial charge in [0.1, 0.15) is 0 Å². The van der Waals surface area contributed by atoms with Crippen LogP contribution in [-0.4, -0.2) is 30.6 Å². The minimum atomic E-state index is -0.919. The molecule has 1 amide bonds. The molecular formula is C11H16N2O3S. The fraction of sp³-hybridized carbons (Fsp3) is 0.455. The minimum absolute atomic E-state index is 0.0915. The number of thiophene rings is 1. The van der Waals surface area contributed by atoms with E-state index < -0.39 is 12.0 Å². The first-order chi connectivity index (χ1) is 8.13. The Bertz CT molecular complexity index is 365. The van der Waals surface area contributed by atoms with E-state index in [4.69, 9.17) is 5.11 Å². The molecule has 0 fully saturated rings. The highest BCUT2D eigenvalue weighted by molar-refractivity contribution is 7.10. The van der Waals surface area contributed by atoms with Crippen molar-refractivity contribution >= 4 is 23.2 Å². The Morgan fingerprint density at radius 1 is 1.53 bits per heavy atom. The topological polar surface area (TPSA) is 78.4 Å². The standard InChI is InChI=1S/C11H16N2O3S/c1-12-5-4-10(14)13-8(7-11(15)16)9-3-2-6-17-9/h2-3,6,8,12H,4-5,7H2,1H3,(H,13,14)(H,15,16). The SMILES string of the molecule is CNCCC(=O)NC(CC(=O)O)c1cccs1. The van der Waals surface area contributed by atoms with Crippen molar-refractivity contribution in [1.29, 1.82) is 0 Å². The highest BCUT2D eigenvalue weighted by Crippen LogP contribution is 2.21. The summed E-state index contributed by atoms with van der Waals surface area (Å²) in [5.41, 5.74) is 0. The number of hydrogen-bond acceptors (Lipinski definition) is 4. The molecule has 1 aromatic heterocycles. The van der Waals surface area contributed by atoms with E-state index in [0.29, 0.717) is 13.0 Å². The van der Waals surface area contributed by atoms with Crippen LogP contribution >= 0.6 is 11.3 Å². The molecule has 0 saturated carbocycles. The van der Waals surface area contributed by atoms with E-state index in [9.17, 15) is 9.59 Å². The molecule has 0 spiro atoms. The molecule has 1 aromatic rings. The van der Waals surface area contributed by atoms with Crippen LogP contribution in [0.3, 0.4) is 0 Å². The lowest BCUT2D eigenvalue weighted by atomic mass is 10.1. The Kier molecular flexibility index (Phi) is 5.65. The van der Waals surface area contributed by atoms with E-state index in [2.05, 4.69) is 10.6 Å². The van der Waals surface area contributed by atoms with Gasteiger partial charge in [0.05, 0.1) is 12.5 Å². The maximum absolute atomic E-state index is 11.5. The minimum Gasteiger partial charge on any atom is -0.481 e. The summed E-state index contributed by atoms with van der Waals surface area (Å²) in [4.78, 5) is 23.2. The number of carbonyl (C=O) groups excluding carboxylic acids is 1. The van der Waals surface area contributed by atoms with Crippen LogP contribution in [0.5, 0.6) is 0 Å². The van der Waals surface area contributed by atoms with Crippen molar-refractivity contribution in [2.45, 2.75) is 18.9 Å². The number of rotatable bonds is 7. The van der Waals surface area contributed by atoms with Crippen molar-refractivity contribution in [2.24, 2.45) is 0 Å². The van der Waals surface area contributed by atoms with Gasteiger partial charge in [-0.3, -0.25) is 9.59 Å². The van der Waals surface area contributed by atoms with Crippen molar-refractivity contribution in [1.82, 2.24) is 10.6 Å². The summed E-state index contributed by atoms with van der Waals surface area (Å²) < 4.78 is 0. The van der Waals surface area contributed by atoms with Crippen LogP contribution in [0.4, 0.5) is 0 Å². The summed E-state index contributed by atoms with van der Waals surface area (Å²) >= 11 is 1.45. The molecule has 1 unspecified atom stereocenters. The van der Waals surface area contributed by atoms with Gasteiger partial charge >= 0.3 is 5.97 Å². The predicted molar refractivity (Wildman–Crippen MR) is 66.0 cm³/mol. The highest BCUT2D eigenvalue weighted by atomic mass is 32.1. The number of amides is 1. The summed E-state index contributed by atoms with van der Waals surface area (Å²) in [7, 11) is 1.77. The Balaban J connectivity index is 2.58. The van der Waals surface area contributed by atoms with Crippen molar-refractivity contribution in [2.75, 3.05) is 13.6 Å². The smallest absolute Gasteiger partial charge is 0.305 e. The first-order valence-electron chi connectivity index (χ1n) is 5.32. The molecule has 5 nitrogen and oxygen atoms in total. The number of hydrogen-bond donors (Lipinski definition) is 3. The molecule has 3 N–H and O–H groups in total. The summed E-state index contributed by atoms with van der Waals surface area (Å²) in [6.07, 6.45) is 0.254. The summed E-state index contributed by atoms with van der Waals surface area (Å²) in [6.45, 7) is 0.579. The van der Waals surface area contributed by atoms with Crippen LogP contribution < -0.4 is 10.6 Å². The Hall–Kier alpha value is -1.40. The maximum atomic E-state index is 11.5. The Morgan fingerprint density at radius 2 is 2.29 bits per heavy atom. The third-order valence-corrected chi connectivity index (χ3v) is 3.19. The highest BCUT2D eigenvalue weighted by Gasteiger charge is 2.18. The van der Waals surface area contributed by atoms with E-state index in [1.165, 1.54) is 11.3 Å². The molecule has 0 saturated heterocycles. The Labute approximate surface area is 104 Å². The molecule has 6 heteroatoms. The van der Waals surface area contributed by atoms with E-state index in [1.807, 2.05) is 17.5 Å². The van der Waals surface area contributed by atoms with E-state index in [-0.39, 0.29) is 12.3 Å². The summed E-state index contributed by atoms with van der Waals surface area (Å²) in [6, 6.07) is 3.24. The zero-order valence-electron chi connectivity index (χ0n) is 9.60. The average Bonchev–Trinajstić information content (AvgIpc) is 2.78. The average molecular weight is 256 g/mol. The van der Waals surface area contributed by atoms with Gasteiger partial charge in [0.15, 0.2) is 0 Å². The van der Waals surface area contributed by atoms with Crippen LogP contribution in [0, 0.1) is 0 Å².